The molecule has 0 radical (unpaired) electrons. The first-order valence-electron chi connectivity index (χ1n) is 6.22. The topological polar surface area (TPSA) is 66.4 Å². The summed E-state index contributed by atoms with van der Waals surface area (Å²) in [5, 5.41) is 12.5. The Labute approximate surface area is 119 Å². The third kappa shape index (κ3) is 3.51. The van der Waals surface area contributed by atoms with E-state index in [9.17, 15) is 13.5 Å². The standard InChI is InChI=1S/C15H17NO3S/c1-11(12-3-7-14(17)8-4-12)16-13-5-9-15(10-6-13)20(2,18)19/h3-11,16-17H,1-2H3. The second-order valence-electron chi connectivity index (χ2n) is 4.75. The zero-order valence-corrected chi connectivity index (χ0v) is 12.2. The van der Waals surface area contributed by atoms with Crippen molar-refractivity contribution in [2.24, 2.45) is 0 Å². The van der Waals surface area contributed by atoms with Crippen molar-refractivity contribution in [3.05, 3.63) is 54.1 Å². The molecule has 2 rings (SSSR count). The van der Waals surface area contributed by atoms with E-state index in [0.717, 1.165) is 11.3 Å². The molecule has 0 aliphatic rings. The molecule has 0 heterocycles. The molecular weight excluding hydrogens is 274 g/mol. The van der Waals surface area contributed by atoms with Crippen molar-refractivity contribution in [3.63, 3.8) is 0 Å². The van der Waals surface area contributed by atoms with Crippen molar-refractivity contribution in [1.29, 1.82) is 0 Å². The molecule has 0 spiro atoms. The van der Waals surface area contributed by atoms with Crippen LogP contribution in [0.5, 0.6) is 5.75 Å². The van der Waals surface area contributed by atoms with Crippen molar-refractivity contribution in [2.75, 3.05) is 11.6 Å². The summed E-state index contributed by atoms with van der Waals surface area (Å²) < 4.78 is 22.8. The van der Waals surface area contributed by atoms with Gasteiger partial charge in [0.25, 0.3) is 0 Å². The van der Waals surface area contributed by atoms with Gasteiger partial charge in [0.15, 0.2) is 9.84 Å². The van der Waals surface area contributed by atoms with Gasteiger partial charge in [-0.15, -0.1) is 0 Å². The highest BCUT2D eigenvalue weighted by Crippen LogP contribution is 2.22. The molecule has 20 heavy (non-hydrogen) atoms. The van der Waals surface area contributed by atoms with E-state index in [2.05, 4.69) is 5.32 Å². The molecule has 0 aliphatic heterocycles. The summed E-state index contributed by atoms with van der Waals surface area (Å²) in [5.41, 5.74) is 1.88. The zero-order chi connectivity index (χ0) is 14.8. The molecule has 0 aromatic heterocycles. The average molecular weight is 291 g/mol. The summed E-state index contributed by atoms with van der Waals surface area (Å²) in [6.45, 7) is 2.00. The van der Waals surface area contributed by atoms with Crippen LogP contribution in [0.2, 0.25) is 0 Å². The quantitative estimate of drug-likeness (QED) is 0.909. The number of aromatic hydroxyl groups is 1. The first kappa shape index (κ1) is 14.4. The SMILES string of the molecule is CC(Nc1ccc(S(C)(=O)=O)cc1)c1ccc(O)cc1. The Morgan fingerprint density at radius 2 is 1.55 bits per heavy atom. The van der Waals surface area contributed by atoms with E-state index in [-0.39, 0.29) is 11.8 Å². The summed E-state index contributed by atoms with van der Waals surface area (Å²) in [6.07, 6.45) is 1.19. The number of phenols is 1. The fraction of sp³-hybridized carbons (Fsp3) is 0.200. The molecule has 4 nitrogen and oxygen atoms in total. The Morgan fingerprint density at radius 1 is 1.00 bits per heavy atom. The lowest BCUT2D eigenvalue weighted by atomic mass is 10.1. The van der Waals surface area contributed by atoms with E-state index in [0.29, 0.717) is 4.90 Å². The van der Waals surface area contributed by atoms with Crippen molar-refractivity contribution in [1.82, 2.24) is 0 Å². The largest absolute Gasteiger partial charge is 0.508 e. The molecule has 0 bridgehead atoms. The summed E-state index contributed by atoms with van der Waals surface area (Å²) in [5.74, 6) is 0.235. The summed E-state index contributed by atoms with van der Waals surface area (Å²) in [4.78, 5) is 0.306. The number of nitrogens with one attached hydrogen (secondary N) is 1. The van der Waals surface area contributed by atoms with Crippen LogP contribution in [0.3, 0.4) is 0 Å². The van der Waals surface area contributed by atoms with Crippen molar-refractivity contribution in [3.8, 4) is 5.75 Å². The van der Waals surface area contributed by atoms with Crippen LogP contribution in [0.15, 0.2) is 53.4 Å². The molecule has 0 saturated carbocycles. The van der Waals surface area contributed by atoms with Crippen LogP contribution in [-0.4, -0.2) is 19.8 Å². The monoisotopic (exact) mass is 291 g/mol. The van der Waals surface area contributed by atoms with Gasteiger partial charge in [0.05, 0.1) is 4.90 Å². The summed E-state index contributed by atoms with van der Waals surface area (Å²) >= 11 is 0. The van der Waals surface area contributed by atoms with Gasteiger partial charge in [0.2, 0.25) is 0 Å². The van der Waals surface area contributed by atoms with Crippen LogP contribution >= 0.6 is 0 Å². The van der Waals surface area contributed by atoms with Gasteiger partial charge >= 0.3 is 0 Å². The van der Waals surface area contributed by atoms with Crippen LogP contribution in [0.1, 0.15) is 18.5 Å². The highest BCUT2D eigenvalue weighted by Gasteiger charge is 2.08. The minimum Gasteiger partial charge on any atom is -0.508 e. The highest BCUT2D eigenvalue weighted by molar-refractivity contribution is 7.90. The predicted molar refractivity (Wildman–Crippen MR) is 79.7 cm³/mol. The Kier molecular flexibility index (Phi) is 3.99. The van der Waals surface area contributed by atoms with E-state index in [4.69, 9.17) is 0 Å². The van der Waals surface area contributed by atoms with Gasteiger partial charge in [-0.1, -0.05) is 12.1 Å². The fourth-order valence-electron chi connectivity index (χ4n) is 1.89. The van der Waals surface area contributed by atoms with Gasteiger partial charge in [-0.05, 0) is 48.9 Å². The van der Waals surface area contributed by atoms with Gasteiger partial charge in [-0.2, -0.15) is 0 Å². The minimum absolute atomic E-state index is 0.0553. The smallest absolute Gasteiger partial charge is 0.175 e. The Balaban J connectivity index is 2.12. The minimum atomic E-state index is -3.16. The van der Waals surface area contributed by atoms with Crippen molar-refractivity contribution < 1.29 is 13.5 Å². The third-order valence-electron chi connectivity index (χ3n) is 3.06. The number of sulfone groups is 1. The van der Waals surface area contributed by atoms with Gasteiger partial charge in [0.1, 0.15) is 5.75 Å². The van der Waals surface area contributed by atoms with Gasteiger partial charge in [0, 0.05) is 18.0 Å². The molecule has 106 valence electrons. The summed E-state index contributed by atoms with van der Waals surface area (Å²) in [7, 11) is -3.16. The number of hydrogen-bond acceptors (Lipinski definition) is 4. The van der Waals surface area contributed by atoms with Gasteiger partial charge < -0.3 is 10.4 Å². The number of rotatable bonds is 4. The Morgan fingerprint density at radius 3 is 2.05 bits per heavy atom. The maximum absolute atomic E-state index is 11.4. The lowest BCUT2D eigenvalue weighted by Gasteiger charge is -2.16. The molecule has 2 aromatic rings. The zero-order valence-electron chi connectivity index (χ0n) is 11.4. The van der Waals surface area contributed by atoms with Crippen molar-refractivity contribution >= 4 is 15.5 Å². The first-order chi connectivity index (χ1) is 9.36. The molecule has 1 unspecified atom stereocenters. The van der Waals surface area contributed by atoms with Crippen LogP contribution < -0.4 is 5.32 Å². The number of anilines is 1. The number of phenolic OH excluding ortho intramolecular Hbond substituents is 1. The van der Waals surface area contributed by atoms with Crippen molar-refractivity contribution in [2.45, 2.75) is 17.9 Å². The van der Waals surface area contributed by atoms with Crippen LogP contribution in [0, 0.1) is 0 Å². The Hall–Kier alpha value is -2.01. The molecule has 0 amide bonds. The summed E-state index contributed by atoms with van der Waals surface area (Å²) in [6, 6.07) is 13.7. The maximum Gasteiger partial charge on any atom is 0.175 e. The first-order valence-corrected chi connectivity index (χ1v) is 8.11. The molecular formula is C15H17NO3S. The van der Waals surface area contributed by atoms with Crippen LogP contribution in [0.4, 0.5) is 5.69 Å². The maximum atomic E-state index is 11.4. The lowest BCUT2D eigenvalue weighted by molar-refractivity contribution is 0.475. The number of benzene rings is 2. The van der Waals surface area contributed by atoms with E-state index in [1.165, 1.54) is 6.26 Å². The normalized spacial score (nSPS) is 12.9. The molecule has 2 N–H and O–H groups in total. The van der Waals surface area contributed by atoms with Crippen LogP contribution in [-0.2, 0) is 9.84 Å². The molecule has 1 atom stereocenters. The number of hydrogen-bond donors (Lipinski definition) is 2. The van der Waals surface area contributed by atoms with Gasteiger partial charge in [-0.3, -0.25) is 0 Å². The predicted octanol–water partition coefficient (Wildman–Crippen LogP) is 2.97. The molecule has 0 saturated heterocycles. The van der Waals surface area contributed by atoms with E-state index in [1.54, 1.807) is 36.4 Å². The second-order valence-corrected chi connectivity index (χ2v) is 6.77. The molecule has 2 aromatic carbocycles. The highest BCUT2D eigenvalue weighted by atomic mass is 32.2. The van der Waals surface area contributed by atoms with E-state index >= 15 is 0 Å². The molecule has 5 heteroatoms. The van der Waals surface area contributed by atoms with E-state index in [1.807, 2.05) is 19.1 Å². The fourth-order valence-corrected chi connectivity index (χ4v) is 2.53. The Bertz CT molecular complexity index is 676. The van der Waals surface area contributed by atoms with E-state index < -0.39 is 9.84 Å². The molecule has 0 aliphatic carbocycles. The van der Waals surface area contributed by atoms with Gasteiger partial charge in [-0.25, -0.2) is 8.42 Å². The molecule has 0 fully saturated rings. The second kappa shape index (κ2) is 5.54. The average Bonchev–Trinajstić information content (AvgIpc) is 2.39. The third-order valence-corrected chi connectivity index (χ3v) is 4.19. The lowest BCUT2D eigenvalue weighted by Crippen LogP contribution is -2.06. The van der Waals surface area contributed by atoms with Crippen LogP contribution in [0.25, 0.3) is 0 Å².